The van der Waals surface area contributed by atoms with Crippen molar-refractivity contribution in [2.75, 3.05) is 6.54 Å². The summed E-state index contributed by atoms with van der Waals surface area (Å²) in [5.41, 5.74) is 1.82. The Balaban J connectivity index is 2.25. The predicted molar refractivity (Wildman–Crippen MR) is 79.8 cm³/mol. The van der Waals surface area contributed by atoms with Crippen LogP contribution in [-0.4, -0.2) is 34.4 Å². The highest BCUT2D eigenvalue weighted by Crippen LogP contribution is 2.21. The van der Waals surface area contributed by atoms with Crippen molar-refractivity contribution in [1.82, 2.24) is 5.01 Å². The Labute approximate surface area is 124 Å². The number of rotatable bonds is 4. The zero-order chi connectivity index (χ0) is 14.7. The molecule has 1 aromatic rings. The average molecular weight is 295 g/mol. The minimum atomic E-state index is -0.542. The van der Waals surface area contributed by atoms with E-state index in [2.05, 4.69) is 5.10 Å². The highest BCUT2D eigenvalue weighted by molar-refractivity contribution is 6.30. The highest BCUT2D eigenvalue weighted by atomic mass is 35.5. The molecule has 108 valence electrons. The Kier molecular flexibility index (Phi) is 4.78. The van der Waals surface area contributed by atoms with Crippen molar-refractivity contribution in [2.45, 2.75) is 32.8 Å². The van der Waals surface area contributed by atoms with Crippen molar-refractivity contribution in [3.05, 3.63) is 34.9 Å². The van der Waals surface area contributed by atoms with Crippen LogP contribution in [0.3, 0.4) is 0 Å². The van der Waals surface area contributed by atoms with Gasteiger partial charge in [-0.05, 0) is 24.1 Å². The number of amides is 1. The largest absolute Gasteiger partial charge is 0.391 e. The molecule has 1 aliphatic heterocycles. The van der Waals surface area contributed by atoms with Gasteiger partial charge in [-0.3, -0.25) is 4.79 Å². The van der Waals surface area contributed by atoms with Gasteiger partial charge >= 0.3 is 0 Å². The summed E-state index contributed by atoms with van der Waals surface area (Å²) in [6.45, 7) is 4.02. The summed E-state index contributed by atoms with van der Waals surface area (Å²) in [6, 6.07) is 7.42. The van der Waals surface area contributed by atoms with Crippen LogP contribution in [0.2, 0.25) is 5.02 Å². The number of halogens is 1. The topological polar surface area (TPSA) is 52.9 Å². The predicted octanol–water partition coefficient (Wildman–Crippen LogP) is 2.68. The Morgan fingerprint density at radius 2 is 2.10 bits per heavy atom. The van der Waals surface area contributed by atoms with Gasteiger partial charge in [-0.25, -0.2) is 5.01 Å². The molecular formula is C15H19ClN2O2. The second-order valence-corrected chi connectivity index (χ2v) is 5.58. The van der Waals surface area contributed by atoms with E-state index in [1.54, 1.807) is 0 Å². The number of aliphatic hydroxyl groups is 1. The first-order valence-corrected chi connectivity index (χ1v) is 7.22. The minimum absolute atomic E-state index is 0.0322. The first-order chi connectivity index (χ1) is 9.51. The van der Waals surface area contributed by atoms with Gasteiger partial charge in [0.1, 0.15) is 0 Å². The van der Waals surface area contributed by atoms with Crippen molar-refractivity contribution >= 4 is 23.2 Å². The molecule has 20 heavy (non-hydrogen) atoms. The molecule has 1 amide bonds. The molecule has 2 atom stereocenters. The monoisotopic (exact) mass is 294 g/mol. The maximum absolute atomic E-state index is 12.1. The number of hydrogen-bond acceptors (Lipinski definition) is 3. The van der Waals surface area contributed by atoms with Crippen LogP contribution < -0.4 is 0 Å². The Hall–Kier alpha value is -1.39. The Morgan fingerprint density at radius 1 is 1.45 bits per heavy atom. The number of carbonyl (C=O) groups excluding carboxylic acids is 1. The standard InChI is InChI=1S/C15H19ClN2O2/c1-3-13(19)9-18-15(20)10(2)8-14(17-18)11-4-6-12(16)7-5-11/h4-7,10,13,19H,3,8-9H2,1-2H3. The first-order valence-electron chi connectivity index (χ1n) is 6.84. The normalized spacial score (nSPS) is 20.8. The van der Waals surface area contributed by atoms with E-state index in [4.69, 9.17) is 11.6 Å². The lowest BCUT2D eigenvalue weighted by Crippen LogP contribution is -2.41. The number of aliphatic hydroxyl groups excluding tert-OH is 1. The molecule has 2 rings (SSSR count). The molecule has 0 aliphatic carbocycles. The quantitative estimate of drug-likeness (QED) is 0.928. The van der Waals surface area contributed by atoms with Crippen LogP contribution in [0.4, 0.5) is 0 Å². The maximum atomic E-state index is 12.1. The van der Waals surface area contributed by atoms with Crippen LogP contribution in [0.1, 0.15) is 32.3 Å². The van der Waals surface area contributed by atoms with Gasteiger partial charge in [0, 0.05) is 17.4 Å². The Morgan fingerprint density at radius 3 is 2.70 bits per heavy atom. The summed E-state index contributed by atoms with van der Waals surface area (Å²) < 4.78 is 0. The second-order valence-electron chi connectivity index (χ2n) is 5.14. The average Bonchev–Trinajstić information content (AvgIpc) is 2.44. The van der Waals surface area contributed by atoms with E-state index in [-0.39, 0.29) is 18.4 Å². The summed E-state index contributed by atoms with van der Waals surface area (Å²) in [6.07, 6.45) is 0.669. The second kappa shape index (κ2) is 6.37. The third-order valence-electron chi connectivity index (χ3n) is 3.45. The summed E-state index contributed by atoms with van der Waals surface area (Å²) in [4.78, 5) is 12.1. The van der Waals surface area contributed by atoms with E-state index in [1.807, 2.05) is 38.1 Å². The van der Waals surface area contributed by atoms with Crippen molar-refractivity contribution in [1.29, 1.82) is 0 Å². The molecule has 0 bridgehead atoms. The molecule has 0 spiro atoms. The van der Waals surface area contributed by atoms with E-state index >= 15 is 0 Å². The fraction of sp³-hybridized carbons (Fsp3) is 0.467. The van der Waals surface area contributed by atoms with Gasteiger partial charge < -0.3 is 5.11 Å². The smallest absolute Gasteiger partial charge is 0.245 e. The van der Waals surface area contributed by atoms with Crippen LogP contribution in [0.25, 0.3) is 0 Å². The molecule has 1 aromatic carbocycles. The molecule has 0 saturated carbocycles. The SMILES string of the molecule is CCC(O)CN1N=C(c2ccc(Cl)cc2)CC(C)C1=O. The fourth-order valence-corrected chi connectivity index (χ4v) is 2.27. The van der Waals surface area contributed by atoms with E-state index in [0.717, 1.165) is 11.3 Å². The van der Waals surface area contributed by atoms with Gasteiger partial charge in [0.15, 0.2) is 0 Å². The van der Waals surface area contributed by atoms with Crippen molar-refractivity contribution < 1.29 is 9.90 Å². The highest BCUT2D eigenvalue weighted by Gasteiger charge is 2.29. The third-order valence-corrected chi connectivity index (χ3v) is 3.70. The van der Waals surface area contributed by atoms with Crippen molar-refractivity contribution in [2.24, 2.45) is 11.0 Å². The molecule has 0 radical (unpaired) electrons. The number of carbonyl (C=O) groups is 1. The molecule has 0 saturated heterocycles. The molecule has 1 N–H and O–H groups in total. The lowest BCUT2D eigenvalue weighted by molar-refractivity contribution is -0.137. The van der Waals surface area contributed by atoms with Gasteiger partial charge in [0.2, 0.25) is 5.91 Å². The van der Waals surface area contributed by atoms with Crippen LogP contribution in [0.15, 0.2) is 29.4 Å². The number of nitrogens with zero attached hydrogens (tertiary/aromatic N) is 2. The number of benzene rings is 1. The summed E-state index contributed by atoms with van der Waals surface area (Å²) >= 11 is 5.88. The van der Waals surface area contributed by atoms with Gasteiger partial charge in [-0.1, -0.05) is 37.6 Å². The molecule has 0 fully saturated rings. The van der Waals surface area contributed by atoms with E-state index in [0.29, 0.717) is 17.9 Å². The van der Waals surface area contributed by atoms with Crippen molar-refractivity contribution in [3.8, 4) is 0 Å². The summed E-state index contributed by atoms with van der Waals surface area (Å²) in [7, 11) is 0. The molecule has 5 heteroatoms. The van der Waals surface area contributed by atoms with Gasteiger partial charge in [-0.2, -0.15) is 5.10 Å². The maximum Gasteiger partial charge on any atom is 0.245 e. The zero-order valence-electron chi connectivity index (χ0n) is 11.7. The molecule has 1 aliphatic rings. The van der Waals surface area contributed by atoms with Gasteiger partial charge in [-0.15, -0.1) is 0 Å². The van der Waals surface area contributed by atoms with E-state index in [1.165, 1.54) is 5.01 Å². The lowest BCUT2D eigenvalue weighted by atomic mass is 9.96. The van der Waals surface area contributed by atoms with Gasteiger partial charge in [0.05, 0.1) is 18.4 Å². The molecule has 0 aromatic heterocycles. The van der Waals surface area contributed by atoms with Gasteiger partial charge in [0.25, 0.3) is 0 Å². The van der Waals surface area contributed by atoms with E-state index in [9.17, 15) is 9.90 Å². The summed E-state index contributed by atoms with van der Waals surface area (Å²) in [5, 5.41) is 16.2. The van der Waals surface area contributed by atoms with Crippen LogP contribution in [-0.2, 0) is 4.79 Å². The van der Waals surface area contributed by atoms with E-state index < -0.39 is 6.10 Å². The fourth-order valence-electron chi connectivity index (χ4n) is 2.14. The van der Waals surface area contributed by atoms with Crippen LogP contribution in [0.5, 0.6) is 0 Å². The zero-order valence-corrected chi connectivity index (χ0v) is 12.5. The number of β-amino-alcohol motifs (C(OH)–C–C–N with tert-alkyl or cyclic N) is 1. The molecule has 4 nitrogen and oxygen atoms in total. The molecule has 2 unspecified atom stereocenters. The first kappa shape index (κ1) is 15.0. The van der Waals surface area contributed by atoms with Crippen molar-refractivity contribution in [3.63, 3.8) is 0 Å². The molecule has 1 heterocycles. The summed E-state index contributed by atoms with van der Waals surface area (Å²) in [5.74, 6) is -0.155. The Bertz CT molecular complexity index is 513. The number of hydrazone groups is 1. The minimum Gasteiger partial charge on any atom is -0.391 e. The van der Waals surface area contributed by atoms with Crippen LogP contribution >= 0.6 is 11.6 Å². The van der Waals surface area contributed by atoms with Crippen LogP contribution in [0, 0.1) is 5.92 Å². The molecular weight excluding hydrogens is 276 g/mol. The number of hydrogen-bond donors (Lipinski definition) is 1. The lowest BCUT2D eigenvalue weighted by Gasteiger charge is -2.29. The third kappa shape index (κ3) is 3.38.